The van der Waals surface area contributed by atoms with Crippen molar-refractivity contribution in [1.82, 2.24) is 29.6 Å². The fourth-order valence-electron chi connectivity index (χ4n) is 3.19. The van der Waals surface area contributed by atoms with Crippen molar-refractivity contribution in [2.75, 3.05) is 6.54 Å². The van der Waals surface area contributed by atoms with Crippen LogP contribution in [0.15, 0.2) is 36.8 Å². The van der Waals surface area contributed by atoms with Gasteiger partial charge in [0.05, 0.1) is 17.1 Å². The summed E-state index contributed by atoms with van der Waals surface area (Å²) in [6.45, 7) is 4.83. The van der Waals surface area contributed by atoms with E-state index in [9.17, 15) is 0 Å². The van der Waals surface area contributed by atoms with E-state index in [1.807, 2.05) is 37.0 Å². The van der Waals surface area contributed by atoms with Crippen LogP contribution in [0.5, 0.6) is 0 Å². The Kier molecular flexibility index (Phi) is 3.82. The summed E-state index contributed by atoms with van der Waals surface area (Å²) in [6, 6.07) is 6.04. The van der Waals surface area contributed by atoms with Crippen molar-refractivity contribution in [3.63, 3.8) is 0 Å². The number of fused-ring (bicyclic) bond motifs is 1. The van der Waals surface area contributed by atoms with Crippen LogP contribution in [0.2, 0.25) is 0 Å². The van der Waals surface area contributed by atoms with E-state index < -0.39 is 0 Å². The van der Waals surface area contributed by atoms with E-state index in [-0.39, 0.29) is 0 Å². The summed E-state index contributed by atoms with van der Waals surface area (Å²) in [7, 11) is 2.00. The van der Waals surface area contributed by atoms with E-state index in [4.69, 9.17) is 4.98 Å². The Balaban J connectivity index is 1.53. The molecule has 4 rings (SSSR count). The molecular formula is C18H20N6. The maximum Gasteiger partial charge on any atom is 0.159 e. The van der Waals surface area contributed by atoms with E-state index in [1.165, 1.54) is 11.3 Å². The van der Waals surface area contributed by atoms with Crippen LogP contribution in [0.1, 0.15) is 22.6 Å². The van der Waals surface area contributed by atoms with Gasteiger partial charge in [-0.1, -0.05) is 0 Å². The molecule has 0 unspecified atom stereocenters. The zero-order valence-electron chi connectivity index (χ0n) is 14.0. The fraction of sp³-hybridized carbons (Fsp3) is 0.333. The first-order valence-electron chi connectivity index (χ1n) is 8.16. The summed E-state index contributed by atoms with van der Waals surface area (Å²) in [5.41, 5.74) is 5.70. The third kappa shape index (κ3) is 2.92. The lowest BCUT2D eigenvalue weighted by Crippen LogP contribution is -2.31. The van der Waals surface area contributed by atoms with Gasteiger partial charge in [-0.05, 0) is 25.1 Å². The molecule has 0 spiro atoms. The summed E-state index contributed by atoms with van der Waals surface area (Å²) in [4.78, 5) is 15.8. The van der Waals surface area contributed by atoms with Gasteiger partial charge in [-0.25, -0.2) is 9.97 Å². The Morgan fingerprint density at radius 3 is 2.79 bits per heavy atom. The Labute approximate surface area is 141 Å². The van der Waals surface area contributed by atoms with E-state index in [2.05, 4.69) is 26.0 Å². The number of pyridine rings is 1. The van der Waals surface area contributed by atoms with Gasteiger partial charge in [0.2, 0.25) is 0 Å². The predicted molar refractivity (Wildman–Crippen MR) is 91.0 cm³/mol. The van der Waals surface area contributed by atoms with Gasteiger partial charge >= 0.3 is 0 Å². The molecule has 6 heteroatoms. The largest absolute Gasteiger partial charge is 0.293 e. The van der Waals surface area contributed by atoms with Crippen molar-refractivity contribution >= 4 is 0 Å². The van der Waals surface area contributed by atoms with E-state index >= 15 is 0 Å². The minimum atomic E-state index is 0.784. The molecular weight excluding hydrogens is 300 g/mol. The Morgan fingerprint density at radius 1 is 1.21 bits per heavy atom. The first kappa shape index (κ1) is 15.0. The number of hydrogen-bond donors (Lipinski definition) is 0. The summed E-state index contributed by atoms with van der Waals surface area (Å²) >= 11 is 0. The lowest BCUT2D eigenvalue weighted by Gasteiger charge is -2.27. The first-order chi connectivity index (χ1) is 11.7. The Bertz CT molecular complexity index is 855. The van der Waals surface area contributed by atoms with Gasteiger partial charge in [-0.2, -0.15) is 5.10 Å². The van der Waals surface area contributed by atoms with E-state index in [0.717, 1.165) is 48.8 Å². The highest BCUT2D eigenvalue weighted by molar-refractivity contribution is 5.54. The number of hydrogen-bond acceptors (Lipinski definition) is 5. The van der Waals surface area contributed by atoms with Crippen LogP contribution in [0.4, 0.5) is 0 Å². The number of nitrogens with zero attached hydrogens (tertiary/aromatic N) is 6. The molecule has 0 bridgehead atoms. The maximum absolute atomic E-state index is 4.76. The third-order valence-electron chi connectivity index (χ3n) is 4.44. The average Bonchev–Trinajstić information content (AvgIpc) is 2.92. The van der Waals surface area contributed by atoms with Gasteiger partial charge in [0, 0.05) is 62.8 Å². The van der Waals surface area contributed by atoms with Gasteiger partial charge in [0.25, 0.3) is 0 Å². The molecule has 0 aliphatic carbocycles. The lowest BCUT2D eigenvalue weighted by molar-refractivity contribution is 0.236. The second-order valence-corrected chi connectivity index (χ2v) is 6.26. The lowest BCUT2D eigenvalue weighted by atomic mass is 10.1. The zero-order valence-corrected chi connectivity index (χ0v) is 14.0. The highest BCUT2D eigenvalue weighted by Crippen LogP contribution is 2.21. The van der Waals surface area contributed by atoms with Crippen LogP contribution < -0.4 is 0 Å². The maximum atomic E-state index is 4.76. The SMILES string of the molecule is Cc1cc(CN2CCc3nc(-c4ccncc4)ncc3C2)n(C)n1. The number of rotatable bonds is 3. The van der Waals surface area contributed by atoms with Gasteiger partial charge in [-0.3, -0.25) is 14.6 Å². The molecule has 122 valence electrons. The molecule has 0 aromatic carbocycles. The molecule has 1 aliphatic heterocycles. The highest BCUT2D eigenvalue weighted by atomic mass is 15.3. The summed E-state index contributed by atoms with van der Waals surface area (Å²) in [5, 5.41) is 4.43. The average molecular weight is 320 g/mol. The number of aromatic nitrogens is 5. The predicted octanol–water partition coefficient (Wildman–Crippen LogP) is 2.14. The highest BCUT2D eigenvalue weighted by Gasteiger charge is 2.20. The van der Waals surface area contributed by atoms with Gasteiger partial charge in [0.15, 0.2) is 5.82 Å². The van der Waals surface area contributed by atoms with Crippen molar-refractivity contribution in [2.24, 2.45) is 7.05 Å². The Hall–Kier alpha value is -2.60. The van der Waals surface area contributed by atoms with Crippen molar-refractivity contribution in [1.29, 1.82) is 0 Å². The monoisotopic (exact) mass is 320 g/mol. The minimum Gasteiger partial charge on any atom is -0.293 e. The van der Waals surface area contributed by atoms with Crippen LogP contribution in [-0.4, -0.2) is 36.2 Å². The van der Waals surface area contributed by atoms with Crippen LogP contribution in [-0.2, 0) is 26.6 Å². The quantitative estimate of drug-likeness (QED) is 0.740. The van der Waals surface area contributed by atoms with Crippen molar-refractivity contribution < 1.29 is 0 Å². The van der Waals surface area contributed by atoms with Crippen molar-refractivity contribution in [3.8, 4) is 11.4 Å². The van der Waals surface area contributed by atoms with E-state index in [1.54, 1.807) is 12.4 Å². The normalized spacial score (nSPS) is 14.6. The smallest absolute Gasteiger partial charge is 0.159 e. The molecule has 3 aromatic heterocycles. The number of aryl methyl sites for hydroxylation is 2. The van der Waals surface area contributed by atoms with Crippen LogP contribution in [0, 0.1) is 6.92 Å². The van der Waals surface area contributed by atoms with Crippen LogP contribution in [0.3, 0.4) is 0 Å². The first-order valence-corrected chi connectivity index (χ1v) is 8.16. The molecule has 4 heterocycles. The second kappa shape index (κ2) is 6.13. The van der Waals surface area contributed by atoms with Crippen molar-refractivity contribution in [2.45, 2.75) is 26.4 Å². The van der Waals surface area contributed by atoms with E-state index in [0.29, 0.717) is 0 Å². The molecule has 0 atom stereocenters. The van der Waals surface area contributed by atoms with Crippen LogP contribution in [0.25, 0.3) is 11.4 Å². The molecule has 0 saturated carbocycles. The molecule has 0 amide bonds. The van der Waals surface area contributed by atoms with Crippen molar-refractivity contribution in [3.05, 3.63) is 59.4 Å². The topological polar surface area (TPSA) is 59.7 Å². The summed E-state index contributed by atoms with van der Waals surface area (Å²) in [5.74, 6) is 0.784. The summed E-state index contributed by atoms with van der Waals surface area (Å²) in [6.07, 6.45) is 6.47. The third-order valence-corrected chi connectivity index (χ3v) is 4.44. The van der Waals surface area contributed by atoms with Gasteiger partial charge < -0.3 is 0 Å². The Morgan fingerprint density at radius 2 is 2.04 bits per heavy atom. The molecule has 3 aromatic rings. The standard InChI is InChI=1S/C18H20N6/c1-13-9-16(23(2)22-13)12-24-8-5-17-15(11-24)10-20-18(21-17)14-3-6-19-7-4-14/h3-4,6-7,9-10H,5,8,11-12H2,1-2H3. The second-order valence-electron chi connectivity index (χ2n) is 6.26. The molecule has 0 N–H and O–H groups in total. The molecule has 1 aliphatic rings. The molecule has 24 heavy (non-hydrogen) atoms. The molecule has 0 radical (unpaired) electrons. The van der Waals surface area contributed by atoms with Gasteiger partial charge in [0.1, 0.15) is 0 Å². The molecule has 0 saturated heterocycles. The molecule has 6 nitrogen and oxygen atoms in total. The zero-order chi connectivity index (χ0) is 16.5. The minimum absolute atomic E-state index is 0.784. The van der Waals surface area contributed by atoms with Crippen LogP contribution >= 0.6 is 0 Å². The fourth-order valence-corrected chi connectivity index (χ4v) is 3.19. The van der Waals surface area contributed by atoms with Gasteiger partial charge in [-0.15, -0.1) is 0 Å². The summed E-state index contributed by atoms with van der Waals surface area (Å²) < 4.78 is 1.97. The molecule has 0 fully saturated rings.